The smallest absolute Gasteiger partial charge is 0.137 e. The Labute approximate surface area is 110 Å². The number of halogens is 1. The monoisotopic (exact) mass is 266 g/mol. The van der Waals surface area contributed by atoms with E-state index < -0.39 is 0 Å². The number of ether oxygens (including phenoxy) is 1. The number of benzene rings is 1. The summed E-state index contributed by atoms with van der Waals surface area (Å²) in [6.07, 6.45) is 1.77. The number of nitrogens with zero attached hydrogens (tertiary/aromatic N) is 1. The average molecular weight is 266 g/mol. The lowest BCUT2D eigenvalue weighted by Crippen LogP contribution is -2.10. The third kappa shape index (κ3) is 2.68. The lowest BCUT2D eigenvalue weighted by atomic mass is 10.2. The van der Waals surface area contributed by atoms with Crippen LogP contribution in [0.1, 0.15) is 11.8 Å². The Morgan fingerprint density at radius 2 is 2.28 bits per heavy atom. The predicted octanol–water partition coefficient (Wildman–Crippen LogP) is 3.07. The van der Waals surface area contributed by atoms with Crippen LogP contribution in [0.4, 0.5) is 4.39 Å². The molecule has 1 heterocycles. The number of methoxy groups -OCH3 is 1. The molecule has 0 unspecified atom stereocenters. The summed E-state index contributed by atoms with van der Waals surface area (Å²) in [6, 6.07) is 4.79. The summed E-state index contributed by atoms with van der Waals surface area (Å²) in [4.78, 5) is 5.35. The van der Waals surface area contributed by atoms with E-state index in [4.69, 9.17) is 4.74 Å². The topological polar surface area (TPSA) is 34.2 Å². The highest BCUT2D eigenvalue weighted by molar-refractivity contribution is 7.15. The van der Waals surface area contributed by atoms with Crippen LogP contribution in [0.15, 0.2) is 24.4 Å². The SMILES string of the molecule is CCNCc1cnc(-c2c(F)cccc2OC)s1. The van der Waals surface area contributed by atoms with E-state index in [2.05, 4.69) is 10.3 Å². The Morgan fingerprint density at radius 3 is 3.00 bits per heavy atom. The van der Waals surface area contributed by atoms with Gasteiger partial charge in [0.1, 0.15) is 16.6 Å². The summed E-state index contributed by atoms with van der Waals surface area (Å²) in [6.45, 7) is 3.70. The van der Waals surface area contributed by atoms with Gasteiger partial charge in [0, 0.05) is 17.6 Å². The van der Waals surface area contributed by atoms with Crippen molar-refractivity contribution in [3.05, 3.63) is 35.1 Å². The molecule has 2 aromatic rings. The molecule has 0 spiro atoms. The number of hydrogen-bond donors (Lipinski definition) is 1. The van der Waals surface area contributed by atoms with Crippen molar-refractivity contribution in [2.45, 2.75) is 13.5 Å². The average Bonchev–Trinajstić information content (AvgIpc) is 2.84. The minimum absolute atomic E-state index is 0.307. The Bertz CT molecular complexity index is 527. The van der Waals surface area contributed by atoms with Crippen LogP contribution in [0, 0.1) is 5.82 Å². The first kappa shape index (κ1) is 13.0. The summed E-state index contributed by atoms with van der Waals surface area (Å²) in [5.74, 6) is 0.207. The van der Waals surface area contributed by atoms with Gasteiger partial charge in [-0.3, -0.25) is 0 Å². The van der Waals surface area contributed by atoms with Gasteiger partial charge in [-0.05, 0) is 18.7 Å². The van der Waals surface area contributed by atoms with Gasteiger partial charge >= 0.3 is 0 Å². The number of rotatable bonds is 5. The first-order valence-corrected chi connectivity index (χ1v) is 6.56. The Morgan fingerprint density at radius 1 is 1.44 bits per heavy atom. The molecule has 0 aliphatic rings. The number of thiazole rings is 1. The molecular formula is C13H15FN2OS. The maximum atomic E-state index is 13.9. The van der Waals surface area contributed by atoms with Gasteiger partial charge in [0.2, 0.25) is 0 Å². The third-order valence-corrected chi connectivity index (χ3v) is 3.53. The number of hydrogen-bond acceptors (Lipinski definition) is 4. The largest absolute Gasteiger partial charge is 0.496 e. The van der Waals surface area contributed by atoms with E-state index in [-0.39, 0.29) is 5.82 Å². The molecule has 1 N–H and O–H groups in total. The van der Waals surface area contributed by atoms with Crippen molar-refractivity contribution in [2.24, 2.45) is 0 Å². The van der Waals surface area contributed by atoms with E-state index in [0.717, 1.165) is 18.0 Å². The molecule has 1 aromatic carbocycles. The molecule has 0 amide bonds. The maximum absolute atomic E-state index is 13.9. The van der Waals surface area contributed by atoms with Gasteiger partial charge in [-0.25, -0.2) is 9.37 Å². The molecule has 18 heavy (non-hydrogen) atoms. The van der Waals surface area contributed by atoms with Crippen molar-refractivity contribution < 1.29 is 9.13 Å². The molecule has 3 nitrogen and oxygen atoms in total. The van der Waals surface area contributed by atoms with Crippen molar-refractivity contribution in [1.29, 1.82) is 0 Å². The van der Waals surface area contributed by atoms with Gasteiger partial charge in [-0.1, -0.05) is 13.0 Å². The number of nitrogens with one attached hydrogen (secondary N) is 1. The van der Waals surface area contributed by atoms with Crippen LogP contribution in [0.5, 0.6) is 5.75 Å². The molecular weight excluding hydrogens is 251 g/mol. The molecule has 0 fully saturated rings. The van der Waals surface area contributed by atoms with E-state index in [1.807, 2.05) is 6.92 Å². The highest BCUT2D eigenvalue weighted by Crippen LogP contribution is 2.34. The van der Waals surface area contributed by atoms with Crippen molar-refractivity contribution in [3.63, 3.8) is 0 Å². The van der Waals surface area contributed by atoms with E-state index >= 15 is 0 Å². The fourth-order valence-electron chi connectivity index (χ4n) is 1.64. The normalized spacial score (nSPS) is 10.6. The van der Waals surface area contributed by atoms with Crippen LogP contribution in [0.25, 0.3) is 10.6 Å². The predicted molar refractivity (Wildman–Crippen MR) is 71.4 cm³/mol. The Hall–Kier alpha value is -1.46. The zero-order chi connectivity index (χ0) is 13.0. The minimum Gasteiger partial charge on any atom is -0.496 e. The van der Waals surface area contributed by atoms with Gasteiger partial charge < -0.3 is 10.1 Å². The molecule has 5 heteroatoms. The molecule has 2 rings (SSSR count). The van der Waals surface area contributed by atoms with Crippen molar-refractivity contribution in [3.8, 4) is 16.3 Å². The zero-order valence-corrected chi connectivity index (χ0v) is 11.2. The quantitative estimate of drug-likeness (QED) is 0.903. The lowest BCUT2D eigenvalue weighted by Gasteiger charge is -2.06. The second-order valence-corrected chi connectivity index (χ2v) is 4.84. The number of aromatic nitrogens is 1. The van der Waals surface area contributed by atoms with Crippen LogP contribution < -0.4 is 10.1 Å². The molecule has 96 valence electrons. The molecule has 0 saturated carbocycles. The summed E-state index contributed by atoms with van der Waals surface area (Å²) >= 11 is 1.48. The maximum Gasteiger partial charge on any atom is 0.137 e. The molecule has 0 radical (unpaired) electrons. The third-order valence-electron chi connectivity index (χ3n) is 2.51. The minimum atomic E-state index is -0.307. The summed E-state index contributed by atoms with van der Waals surface area (Å²) in [7, 11) is 1.53. The summed E-state index contributed by atoms with van der Waals surface area (Å²) < 4.78 is 19.0. The molecule has 0 aliphatic carbocycles. The van der Waals surface area contributed by atoms with Crippen LogP contribution >= 0.6 is 11.3 Å². The second-order valence-electron chi connectivity index (χ2n) is 3.73. The van der Waals surface area contributed by atoms with E-state index in [1.54, 1.807) is 18.3 Å². The highest BCUT2D eigenvalue weighted by atomic mass is 32.1. The molecule has 0 atom stereocenters. The van der Waals surface area contributed by atoms with Gasteiger partial charge in [0.05, 0.1) is 12.7 Å². The van der Waals surface area contributed by atoms with E-state index in [0.29, 0.717) is 16.3 Å². The van der Waals surface area contributed by atoms with Gasteiger partial charge in [0.15, 0.2) is 0 Å². The zero-order valence-electron chi connectivity index (χ0n) is 10.4. The van der Waals surface area contributed by atoms with Crippen molar-refractivity contribution in [2.75, 3.05) is 13.7 Å². The van der Waals surface area contributed by atoms with Crippen molar-refractivity contribution in [1.82, 2.24) is 10.3 Å². The first-order valence-electron chi connectivity index (χ1n) is 5.74. The fourth-order valence-corrected chi connectivity index (χ4v) is 2.57. The fraction of sp³-hybridized carbons (Fsp3) is 0.308. The van der Waals surface area contributed by atoms with Gasteiger partial charge in [-0.2, -0.15) is 0 Å². The Kier molecular flexibility index (Phi) is 4.28. The van der Waals surface area contributed by atoms with Crippen LogP contribution in [-0.4, -0.2) is 18.6 Å². The van der Waals surface area contributed by atoms with Crippen LogP contribution in [-0.2, 0) is 6.54 Å². The molecule has 1 aromatic heterocycles. The van der Waals surface area contributed by atoms with Crippen LogP contribution in [0.3, 0.4) is 0 Å². The standard InChI is InChI=1S/C13H15FN2OS/c1-3-15-7-9-8-16-13(18-9)12-10(14)5-4-6-11(12)17-2/h4-6,8,15H,3,7H2,1-2H3. The van der Waals surface area contributed by atoms with E-state index in [1.165, 1.54) is 24.5 Å². The van der Waals surface area contributed by atoms with Crippen LogP contribution in [0.2, 0.25) is 0 Å². The highest BCUT2D eigenvalue weighted by Gasteiger charge is 2.15. The van der Waals surface area contributed by atoms with E-state index in [9.17, 15) is 4.39 Å². The lowest BCUT2D eigenvalue weighted by molar-refractivity contribution is 0.413. The summed E-state index contributed by atoms with van der Waals surface area (Å²) in [5, 5.41) is 3.87. The Balaban J connectivity index is 2.33. The van der Waals surface area contributed by atoms with Gasteiger partial charge in [0.25, 0.3) is 0 Å². The first-order chi connectivity index (χ1) is 8.76. The second kappa shape index (κ2) is 5.93. The molecule has 0 aliphatic heterocycles. The summed E-state index contributed by atoms with van der Waals surface area (Å²) in [5.41, 5.74) is 0.438. The molecule has 0 bridgehead atoms. The molecule has 0 saturated heterocycles. The van der Waals surface area contributed by atoms with Gasteiger partial charge in [-0.15, -0.1) is 11.3 Å². The van der Waals surface area contributed by atoms with Crippen molar-refractivity contribution >= 4 is 11.3 Å².